The van der Waals surface area contributed by atoms with Crippen LogP contribution in [-0.2, 0) is 0 Å². The summed E-state index contributed by atoms with van der Waals surface area (Å²) in [6.45, 7) is 3.99. The normalized spacial score (nSPS) is 12.5. The maximum absolute atomic E-state index is 5.45. The van der Waals surface area contributed by atoms with E-state index in [9.17, 15) is 0 Å². The van der Waals surface area contributed by atoms with E-state index >= 15 is 0 Å². The van der Waals surface area contributed by atoms with Gasteiger partial charge in [-0.1, -0.05) is 47.5 Å². The van der Waals surface area contributed by atoms with Crippen molar-refractivity contribution in [2.24, 2.45) is 0 Å². The molecule has 1 unspecified atom stereocenters. The van der Waals surface area contributed by atoms with Gasteiger partial charge < -0.3 is 4.74 Å². The summed E-state index contributed by atoms with van der Waals surface area (Å²) in [7, 11) is 0. The van der Waals surface area contributed by atoms with Crippen LogP contribution in [0.15, 0.2) is 30.3 Å². The molecule has 1 nitrogen and oxygen atoms in total. The van der Waals surface area contributed by atoms with Crippen LogP contribution < -0.4 is 4.74 Å². The third-order valence-electron chi connectivity index (χ3n) is 1.66. The van der Waals surface area contributed by atoms with E-state index < -0.39 is 0 Å². The fraction of sp³-hybridized carbons (Fsp3) is 0.364. The molecule has 1 aromatic carbocycles. The molecule has 1 radical (unpaired) electrons. The second kappa shape index (κ2) is 6.03. The Balaban J connectivity index is 2.27. The van der Waals surface area contributed by atoms with E-state index in [1.54, 1.807) is 0 Å². The lowest BCUT2D eigenvalue weighted by atomic mass is 10.3. The van der Waals surface area contributed by atoms with Crippen molar-refractivity contribution < 1.29 is 4.74 Å². The van der Waals surface area contributed by atoms with Gasteiger partial charge in [0.2, 0.25) is 0 Å². The molecule has 1 aromatic rings. The van der Waals surface area contributed by atoms with Gasteiger partial charge >= 0.3 is 0 Å². The summed E-state index contributed by atoms with van der Waals surface area (Å²) in [5.41, 5.74) is 0. The summed E-state index contributed by atoms with van der Waals surface area (Å²) in [5, 5.41) is 0. The van der Waals surface area contributed by atoms with Gasteiger partial charge in [-0.15, -0.1) is 0 Å². The van der Waals surface area contributed by atoms with Crippen LogP contribution in [0.2, 0.25) is 0 Å². The molecule has 1 rings (SSSR count). The van der Waals surface area contributed by atoms with Crippen LogP contribution in [0.4, 0.5) is 0 Å². The van der Waals surface area contributed by atoms with Crippen molar-refractivity contribution in [2.75, 3.05) is 0 Å². The van der Waals surface area contributed by atoms with Crippen molar-refractivity contribution in [2.45, 2.75) is 24.6 Å². The predicted octanol–water partition coefficient (Wildman–Crippen LogP) is 3.79. The smallest absolute Gasteiger partial charge is 0.149 e. The Morgan fingerprint density at radius 2 is 2.08 bits per heavy atom. The molecule has 1 atom stereocenters. The number of alkyl halides is 1. The number of ether oxygens (including phenoxy) is 1. The van der Waals surface area contributed by atoms with Crippen LogP contribution in [0.25, 0.3) is 0 Å². The second-order valence-corrected chi connectivity index (χ2v) is 4.05. The zero-order valence-corrected chi connectivity index (χ0v) is 9.33. The number of hydrogen-bond donors (Lipinski definition) is 0. The SMILES string of the molecule is CCCC(Br)[CH]Oc1ccccc1. The summed E-state index contributed by atoms with van der Waals surface area (Å²) in [4.78, 5) is 0.345. The maximum Gasteiger partial charge on any atom is 0.149 e. The average molecular weight is 242 g/mol. The molecule has 0 aliphatic heterocycles. The standard InChI is InChI=1S/C11H14BrO/c1-2-6-10(12)9-13-11-7-4-3-5-8-11/h3-5,7-10H,2,6H2,1H3. The summed E-state index contributed by atoms with van der Waals surface area (Å²) >= 11 is 3.51. The monoisotopic (exact) mass is 241 g/mol. The largest absolute Gasteiger partial charge is 0.485 e. The van der Waals surface area contributed by atoms with Crippen molar-refractivity contribution in [3.05, 3.63) is 36.9 Å². The fourth-order valence-electron chi connectivity index (χ4n) is 0.995. The van der Waals surface area contributed by atoms with Crippen LogP contribution >= 0.6 is 15.9 Å². The van der Waals surface area contributed by atoms with Crippen molar-refractivity contribution in [1.29, 1.82) is 0 Å². The summed E-state index contributed by atoms with van der Waals surface area (Å²) < 4.78 is 5.45. The van der Waals surface area contributed by atoms with E-state index in [4.69, 9.17) is 4.74 Å². The fourth-order valence-corrected chi connectivity index (χ4v) is 1.56. The van der Waals surface area contributed by atoms with Gasteiger partial charge in [-0.25, -0.2) is 0 Å². The molecule has 13 heavy (non-hydrogen) atoms. The van der Waals surface area contributed by atoms with Gasteiger partial charge in [-0.3, -0.25) is 0 Å². The molecule has 0 amide bonds. The molecule has 0 saturated carbocycles. The number of benzene rings is 1. The molecule has 0 aliphatic rings. The number of para-hydroxylation sites is 1. The van der Waals surface area contributed by atoms with E-state index in [0.717, 1.165) is 18.6 Å². The van der Waals surface area contributed by atoms with E-state index in [0.29, 0.717) is 4.83 Å². The van der Waals surface area contributed by atoms with Gasteiger partial charge in [-0.05, 0) is 18.6 Å². The van der Waals surface area contributed by atoms with Crippen molar-refractivity contribution in [3.8, 4) is 5.75 Å². The van der Waals surface area contributed by atoms with Gasteiger partial charge in [0, 0.05) is 0 Å². The Bertz CT molecular complexity index is 223. The Kier molecular flexibility index (Phi) is 4.91. The minimum Gasteiger partial charge on any atom is -0.485 e. The zero-order chi connectivity index (χ0) is 9.52. The van der Waals surface area contributed by atoms with Crippen molar-refractivity contribution in [3.63, 3.8) is 0 Å². The van der Waals surface area contributed by atoms with E-state index in [1.165, 1.54) is 0 Å². The first-order valence-corrected chi connectivity index (χ1v) is 5.43. The van der Waals surface area contributed by atoms with Crippen LogP contribution in [0.1, 0.15) is 19.8 Å². The molecule has 0 bridgehead atoms. The molecule has 0 fully saturated rings. The molecule has 2 heteroatoms. The van der Waals surface area contributed by atoms with Gasteiger partial charge in [-0.2, -0.15) is 0 Å². The third kappa shape index (κ3) is 4.32. The third-order valence-corrected chi connectivity index (χ3v) is 2.33. The molecule has 0 aromatic heterocycles. The Hall–Kier alpha value is -0.500. The highest BCUT2D eigenvalue weighted by molar-refractivity contribution is 9.09. The highest BCUT2D eigenvalue weighted by Gasteiger charge is 2.03. The van der Waals surface area contributed by atoms with Gasteiger partial charge in [0.1, 0.15) is 12.4 Å². The molecule has 0 saturated heterocycles. The first-order chi connectivity index (χ1) is 6.33. The van der Waals surface area contributed by atoms with Crippen molar-refractivity contribution >= 4 is 15.9 Å². The van der Waals surface area contributed by atoms with Gasteiger partial charge in [0.05, 0.1) is 4.83 Å². The summed E-state index contributed by atoms with van der Waals surface area (Å²) in [6.07, 6.45) is 2.26. The molecule has 0 heterocycles. The van der Waals surface area contributed by atoms with Crippen LogP contribution in [-0.4, -0.2) is 4.83 Å². The van der Waals surface area contributed by atoms with Crippen LogP contribution in [0.3, 0.4) is 0 Å². The number of rotatable bonds is 5. The van der Waals surface area contributed by atoms with Gasteiger partial charge in [0.25, 0.3) is 0 Å². The van der Waals surface area contributed by atoms with Crippen molar-refractivity contribution in [1.82, 2.24) is 0 Å². The van der Waals surface area contributed by atoms with Crippen LogP contribution in [0.5, 0.6) is 5.75 Å². The van der Waals surface area contributed by atoms with E-state index in [-0.39, 0.29) is 0 Å². The molecule has 71 valence electrons. The minimum absolute atomic E-state index is 0.345. The topological polar surface area (TPSA) is 9.23 Å². The lowest BCUT2D eigenvalue weighted by Gasteiger charge is -2.08. The lowest BCUT2D eigenvalue weighted by molar-refractivity contribution is 0.393. The van der Waals surface area contributed by atoms with E-state index in [1.807, 2.05) is 36.9 Å². The van der Waals surface area contributed by atoms with Gasteiger partial charge in [0.15, 0.2) is 0 Å². The second-order valence-electron chi connectivity index (χ2n) is 2.87. The predicted molar refractivity (Wildman–Crippen MR) is 59.0 cm³/mol. The first-order valence-electron chi connectivity index (χ1n) is 4.52. The summed E-state index contributed by atoms with van der Waals surface area (Å²) in [5.74, 6) is 0.892. The quantitative estimate of drug-likeness (QED) is 0.714. The molecule has 0 N–H and O–H groups in total. The number of halogens is 1. The summed E-state index contributed by atoms with van der Waals surface area (Å²) in [6, 6.07) is 9.80. The molecule has 0 spiro atoms. The van der Waals surface area contributed by atoms with Crippen LogP contribution in [0, 0.1) is 6.61 Å². The Labute approximate surface area is 88.2 Å². The van der Waals surface area contributed by atoms with E-state index in [2.05, 4.69) is 22.9 Å². The highest BCUT2D eigenvalue weighted by Crippen LogP contribution is 2.16. The molecule has 0 aliphatic carbocycles. The number of hydrogen-bond acceptors (Lipinski definition) is 1. The minimum atomic E-state index is 0.345. The first kappa shape index (κ1) is 10.6. The highest BCUT2D eigenvalue weighted by atomic mass is 79.9. The molecular weight excluding hydrogens is 228 g/mol. The maximum atomic E-state index is 5.45. The Morgan fingerprint density at radius 3 is 2.69 bits per heavy atom. The average Bonchev–Trinajstić information content (AvgIpc) is 2.17. The lowest BCUT2D eigenvalue weighted by Crippen LogP contribution is -2.03. The Morgan fingerprint density at radius 1 is 1.38 bits per heavy atom. The zero-order valence-electron chi connectivity index (χ0n) is 7.74. The molecular formula is C11H14BrO.